The average molecular weight is 357 g/mol. The first-order valence-corrected chi connectivity index (χ1v) is 9.08. The molecule has 0 bridgehead atoms. The lowest BCUT2D eigenvalue weighted by atomic mass is 9.89. The molecule has 1 saturated carbocycles. The summed E-state index contributed by atoms with van der Waals surface area (Å²) >= 11 is 0. The number of methoxy groups -OCH3 is 2. The van der Waals surface area contributed by atoms with Crippen LogP contribution in [0.4, 0.5) is 4.79 Å². The molecule has 0 N–H and O–H groups in total. The molecule has 1 aliphatic heterocycles. The van der Waals surface area contributed by atoms with Crippen LogP contribution in [-0.2, 0) is 23.7 Å². The molecule has 2 fully saturated rings. The standard InChI is InChI=1S/C18H31NO6/c1-17(2)13-24-18(10-6-5-7-11-18)19(17)16(21)25-14(15(20)23-4)9-8-12-22-3/h14H,5-13H2,1-4H3/t14-/m1/s1. The molecule has 1 saturated heterocycles. The lowest BCUT2D eigenvalue weighted by molar-refractivity contribution is -0.154. The molecule has 1 atom stereocenters. The van der Waals surface area contributed by atoms with Crippen LogP contribution in [0.1, 0.15) is 58.8 Å². The molecule has 1 aliphatic carbocycles. The van der Waals surface area contributed by atoms with Crippen molar-refractivity contribution in [3.8, 4) is 0 Å². The second-order valence-corrected chi connectivity index (χ2v) is 7.47. The van der Waals surface area contributed by atoms with Gasteiger partial charge in [-0.1, -0.05) is 6.42 Å². The summed E-state index contributed by atoms with van der Waals surface area (Å²) in [6, 6.07) is 0. The first kappa shape index (κ1) is 20.0. The van der Waals surface area contributed by atoms with E-state index in [0.717, 1.165) is 32.1 Å². The summed E-state index contributed by atoms with van der Waals surface area (Å²) < 4.78 is 21.5. The van der Waals surface area contributed by atoms with Crippen molar-refractivity contribution in [3.05, 3.63) is 0 Å². The summed E-state index contributed by atoms with van der Waals surface area (Å²) in [6.07, 6.45) is 4.35. The molecule has 7 nitrogen and oxygen atoms in total. The van der Waals surface area contributed by atoms with E-state index in [1.807, 2.05) is 13.8 Å². The van der Waals surface area contributed by atoms with Gasteiger partial charge in [-0.25, -0.2) is 9.59 Å². The van der Waals surface area contributed by atoms with Crippen molar-refractivity contribution in [2.75, 3.05) is 27.4 Å². The topological polar surface area (TPSA) is 74.3 Å². The van der Waals surface area contributed by atoms with Crippen LogP contribution >= 0.6 is 0 Å². The van der Waals surface area contributed by atoms with Gasteiger partial charge in [-0.3, -0.25) is 4.90 Å². The number of esters is 1. The minimum atomic E-state index is -0.926. The third kappa shape index (κ3) is 4.44. The van der Waals surface area contributed by atoms with Crippen molar-refractivity contribution in [1.29, 1.82) is 0 Å². The summed E-state index contributed by atoms with van der Waals surface area (Å²) in [5, 5.41) is 0. The van der Waals surface area contributed by atoms with Gasteiger partial charge in [-0.05, 0) is 52.4 Å². The lowest BCUT2D eigenvalue weighted by Gasteiger charge is -2.43. The quantitative estimate of drug-likeness (QED) is 0.537. The van der Waals surface area contributed by atoms with Gasteiger partial charge in [0, 0.05) is 13.7 Å². The maximum absolute atomic E-state index is 13.0. The van der Waals surface area contributed by atoms with Crippen molar-refractivity contribution in [2.45, 2.75) is 76.2 Å². The molecule has 0 aromatic heterocycles. The first-order valence-electron chi connectivity index (χ1n) is 9.08. The largest absolute Gasteiger partial charge is 0.466 e. The summed E-state index contributed by atoms with van der Waals surface area (Å²) in [5.74, 6) is -0.542. The number of hydrogen-bond donors (Lipinski definition) is 0. The minimum Gasteiger partial charge on any atom is -0.466 e. The number of hydrogen-bond acceptors (Lipinski definition) is 6. The fourth-order valence-electron chi connectivity index (χ4n) is 3.82. The molecule has 2 aliphatic rings. The Morgan fingerprint density at radius 3 is 2.44 bits per heavy atom. The van der Waals surface area contributed by atoms with E-state index in [1.54, 1.807) is 12.0 Å². The summed E-state index contributed by atoms with van der Waals surface area (Å²) in [5.41, 5.74) is -1.08. The second kappa shape index (κ2) is 8.36. The Labute approximate surface area is 149 Å². The molecule has 7 heteroatoms. The molecule has 1 heterocycles. The van der Waals surface area contributed by atoms with Crippen LogP contribution in [0.2, 0.25) is 0 Å². The fourth-order valence-corrected chi connectivity index (χ4v) is 3.82. The van der Waals surface area contributed by atoms with Gasteiger partial charge < -0.3 is 18.9 Å². The highest BCUT2D eigenvalue weighted by Crippen LogP contribution is 2.44. The zero-order chi connectivity index (χ0) is 18.5. The van der Waals surface area contributed by atoms with Crippen LogP contribution < -0.4 is 0 Å². The van der Waals surface area contributed by atoms with Crippen molar-refractivity contribution >= 4 is 12.1 Å². The molecule has 0 unspecified atom stereocenters. The van der Waals surface area contributed by atoms with Crippen LogP contribution in [0.25, 0.3) is 0 Å². The van der Waals surface area contributed by atoms with Gasteiger partial charge in [-0.2, -0.15) is 0 Å². The zero-order valence-electron chi connectivity index (χ0n) is 15.8. The maximum atomic E-state index is 13.0. The van der Waals surface area contributed by atoms with E-state index >= 15 is 0 Å². The Hall–Kier alpha value is -1.34. The molecule has 144 valence electrons. The van der Waals surface area contributed by atoms with Gasteiger partial charge in [-0.15, -0.1) is 0 Å². The van der Waals surface area contributed by atoms with Crippen molar-refractivity contribution in [3.63, 3.8) is 0 Å². The lowest BCUT2D eigenvalue weighted by Crippen LogP contribution is -2.57. The van der Waals surface area contributed by atoms with Crippen LogP contribution in [0.5, 0.6) is 0 Å². The van der Waals surface area contributed by atoms with Crippen LogP contribution in [-0.4, -0.2) is 61.8 Å². The normalized spacial score (nSPS) is 22.6. The molecule has 0 aromatic rings. The molecular formula is C18H31NO6. The number of carbonyl (C=O) groups excluding carboxylic acids is 2. The van der Waals surface area contributed by atoms with Gasteiger partial charge in [0.05, 0.1) is 19.3 Å². The summed E-state index contributed by atoms with van der Waals surface area (Å²) in [4.78, 5) is 26.7. The smallest absolute Gasteiger partial charge is 0.413 e. The van der Waals surface area contributed by atoms with Crippen molar-refractivity contribution in [1.82, 2.24) is 4.90 Å². The van der Waals surface area contributed by atoms with Gasteiger partial charge in [0.15, 0.2) is 0 Å². The Kier molecular flexibility index (Phi) is 6.68. The highest BCUT2D eigenvalue weighted by Gasteiger charge is 2.55. The van der Waals surface area contributed by atoms with Gasteiger partial charge in [0.25, 0.3) is 0 Å². The zero-order valence-corrected chi connectivity index (χ0v) is 15.8. The van der Waals surface area contributed by atoms with Crippen molar-refractivity contribution < 1.29 is 28.5 Å². The Morgan fingerprint density at radius 2 is 1.84 bits per heavy atom. The van der Waals surface area contributed by atoms with Crippen molar-refractivity contribution in [2.24, 2.45) is 0 Å². The second-order valence-electron chi connectivity index (χ2n) is 7.47. The maximum Gasteiger partial charge on any atom is 0.413 e. The predicted molar refractivity (Wildman–Crippen MR) is 91.1 cm³/mol. The highest BCUT2D eigenvalue weighted by molar-refractivity contribution is 5.79. The summed E-state index contributed by atoms with van der Waals surface area (Å²) in [6.45, 7) is 4.90. The van der Waals surface area contributed by atoms with Crippen LogP contribution in [0, 0.1) is 0 Å². The van der Waals surface area contributed by atoms with E-state index in [9.17, 15) is 9.59 Å². The average Bonchev–Trinajstić information content (AvgIpc) is 2.84. The third-order valence-corrected chi connectivity index (χ3v) is 5.05. The molecule has 0 radical (unpaired) electrons. The summed E-state index contributed by atoms with van der Waals surface area (Å²) in [7, 11) is 2.89. The van der Waals surface area contributed by atoms with Gasteiger partial charge in [0.2, 0.25) is 6.10 Å². The monoisotopic (exact) mass is 357 g/mol. The Balaban J connectivity index is 2.12. The van der Waals surface area contributed by atoms with E-state index < -0.39 is 29.4 Å². The molecule has 1 amide bonds. The van der Waals surface area contributed by atoms with E-state index in [2.05, 4.69) is 0 Å². The Bertz CT molecular complexity index is 472. The van der Waals surface area contributed by atoms with E-state index in [4.69, 9.17) is 18.9 Å². The third-order valence-electron chi connectivity index (χ3n) is 5.05. The Morgan fingerprint density at radius 1 is 1.16 bits per heavy atom. The number of rotatable bonds is 6. The van der Waals surface area contributed by atoms with Gasteiger partial charge in [0.1, 0.15) is 5.72 Å². The molecule has 0 aromatic carbocycles. The number of amides is 1. The SMILES string of the molecule is COCCC[C@@H](OC(=O)N1C(C)(C)COC12CCCCC2)C(=O)OC. The predicted octanol–water partition coefficient (Wildman–Crippen LogP) is 2.86. The van der Waals surface area contributed by atoms with Gasteiger partial charge >= 0.3 is 12.1 Å². The van der Waals surface area contributed by atoms with E-state index in [-0.39, 0.29) is 0 Å². The number of nitrogens with zero attached hydrogens (tertiary/aromatic N) is 1. The number of ether oxygens (including phenoxy) is 4. The highest BCUT2D eigenvalue weighted by atomic mass is 16.6. The van der Waals surface area contributed by atoms with E-state index in [0.29, 0.717) is 26.1 Å². The van der Waals surface area contributed by atoms with Crippen LogP contribution in [0.3, 0.4) is 0 Å². The molecular weight excluding hydrogens is 326 g/mol. The van der Waals surface area contributed by atoms with E-state index in [1.165, 1.54) is 7.11 Å². The fraction of sp³-hybridized carbons (Fsp3) is 0.889. The van der Waals surface area contributed by atoms with Crippen LogP contribution in [0.15, 0.2) is 0 Å². The number of carbonyl (C=O) groups is 2. The molecule has 1 spiro atoms. The molecule has 25 heavy (non-hydrogen) atoms. The first-order chi connectivity index (χ1) is 11.9. The molecule has 2 rings (SSSR count). The minimum absolute atomic E-state index is 0.369.